The fourth-order valence-electron chi connectivity index (χ4n) is 2.29. The molecule has 3 aromatic rings. The minimum Gasteiger partial charge on any atom is -0.491 e. The average molecular weight is 359 g/mol. The molecule has 3 rings (SSSR count). The first-order chi connectivity index (χ1) is 12.6. The Balaban J connectivity index is 1.65. The largest absolute Gasteiger partial charge is 0.491 e. The summed E-state index contributed by atoms with van der Waals surface area (Å²) in [5.41, 5.74) is 1.33. The van der Waals surface area contributed by atoms with Crippen LogP contribution < -0.4 is 10.1 Å². The number of amides is 1. The van der Waals surface area contributed by atoms with Crippen LogP contribution in [0.2, 0.25) is 0 Å². The summed E-state index contributed by atoms with van der Waals surface area (Å²) in [5, 5.41) is 20.5. The summed E-state index contributed by atoms with van der Waals surface area (Å²) < 4.78 is 20.8. The number of hydrogen-bond donors (Lipinski definition) is 2. The van der Waals surface area contributed by atoms with E-state index in [-0.39, 0.29) is 23.4 Å². The molecular formula is C16H18FN7O2. The zero-order valence-electron chi connectivity index (χ0n) is 14.3. The van der Waals surface area contributed by atoms with E-state index < -0.39 is 5.82 Å². The fourth-order valence-corrected chi connectivity index (χ4v) is 2.29. The molecule has 1 amide bonds. The minimum absolute atomic E-state index is 0.153. The predicted octanol–water partition coefficient (Wildman–Crippen LogP) is 1.59. The molecule has 1 aromatic carbocycles. The SMILES string of the molecule is CCOc1ccc(-c2cn([C@@H](C)CNC(=O)c3cn[nH]n3)nn2)cc1F. The summed E-state index contributed by atoms with van der Waals surface area (Å²) in [7, 11) is 0. The van der Waals surface area contributed by atoms with Gasteiger partial charge >= 0.3 is 0 Å². The zero-order chi connectivity index (χ0) is 18.5. The van der Waals surface area contributed by atoms with Crippen molar-refractivity contribution in [3.63, 3.8) is 0 Å². The van der Waals surface area contributed by atoms with Gasteiger partial charge in [0.25, 0.3) is 5.91 Å². The Labute approximate surface area is 148 Å². The highest BCUT2D eigenvalue weighted by Crippen LogP contribution is 2.24. The van der Waals surface area contributed by atoms with Crippen molar-refractivity contribution < 1.29 is 13.9 Å². The number of aromatic nitrogens is 6. The Hall–Kier alpha value is -3.30. The molecule has 26 heavy (non-hydrogen) atoms. The highest BCUT2D eigenvalue weighted by Gasteiger charge is 2.14. The van der Waals surface area contributed by atoms with Crippen molar-refractivity contribution in [2.45, 2.75) is 19.9 Å². The summed E-state index contributed by atoms with van der Waals surface area (Å²) >= 11 is 0. The Morgan fingerprint density at radius 2 is 2.31 bits per heavy atom. The number of carbonyl (C=O) groups is 1. The molecule has 0 spiro atoms. The van der Waals surface area contributed by atoms with Crippen LogP contribution in [0.4, 0.5) is 4.39 Å². The first kappa shape index (κ1) is 17.5. The van der Waals surface area contributed by atoms with Gasteiger partial charge in [-0.2, -0.15) is 15.4 Å². The molecular weight excluding hydrogens is 341 g/mol. The van der Waals surface area contributed by atoms with Gasteiger partial charge in [0.15, 0.2) is 17.3 Å². The van der Waals surface area contributed by atoms with Gasteiger partial charge in [-0.3, -0.25) is 4.79 Å². The van der Waals surface area contributed by atoms with Gasteiger partial charge < -0.3 is 10.1 Å². The average Bonchev–Trinajstić information content (AvgIpc) is 3.33. The van der Waals surface area contributed by atoms with Crippen LogP contribution >= 0.6 is 0 Å². The van der Waals surface area contributed by atoms with E-state index in [2.05, 4.69) is 31.0 Å². The molecule has 10 heteroatoms. The molecule has 0 aliphatic carbocycles. The number of ether oxygens (including phenoxy) is 1. The molecule has 0 bridgehead atoms. The summed E-state index contributed by atoms with van der Waals surface area (Å²) in [6.45, 7) is 4.39. The van der Waals surface area contributed by atoms with E-state index in [4.69, 9.17) is 4.74 Å². The number of carbonyl (C=O) groups excluding carboxylic acids is 1. The van der Waals surface area contributed by atoms with Crippen LogP contribution in [0, 0.1) is 5.82 Å². The standard InChI is InChI=1S/C16H18FN7O2/c1-3-26-15-5-4-11(6-12(15)17)14-9-24(23-21-14)10(2)7-18-16(25)13-8-19-22-20-13/h4-6,8-10H,3,7H2,1-2H3,(H,18,25)(H,19,20,22)/t10-/m0/s1. The maximum atomic E-state index is 14.0. The highest BCUT2D eigenvalue weighted by atomic mass is 19.1. The number of hydrogen-bond acceptors (Lipinski definition) is 6. The maximum absolute atomic E-state index is 14.0. The Kier molecular flexibility index (Phi) is 5.20. The van der Waals surface area contributed by atoms with Crippen LogP contribution in [0.3, 0.4) is 0 Å². The summed E-state index contributed by atoms with van der Waals surface area (Å²) in [6, 6.07) is 4.49. The van der Waals surface area contributed by atoms with Gasteiger partial charge in [-0.25, -0.2) is 9.07 Å². The van der Waals surface area contributed by atoms with Crippen LogP contribution in [0.15, 0.2) is 30.6 Å². The number of benzene rings is 1. The maximum Gasteiger partial charge on any atom is 0.273 e. The monoisotopic (exact) mass is 359 g/mol. The first-order valence-electron chi connectivity index (χ1n) is 8.07. The molecule has 2 N–H and O–H groups in total. The lowest BCUT2D eigenvalue weighted by atomic mass is 10.1. The molecule has 0 saturated heterocycles. The third kappa shape index (κ3) is 3.85. The molecule has 0 unspecified atom stereocenters. The molecule has 0 radical (unpaired) electrons. The minimum atomic E-state index is -0.452. The van der Waals surface area contributed by atoms with Crippen molar-refractivity contribution in [3.05, 3.63) is 42.1 Å². The normalized spacial score (nSPS) is 12.0. The second-order valence-electron chi connectivity index (χ2n) is 5.58. The predicted molar refractivity (Wildman–Crippen MR) is 90.0 cm³/mol. The second kappa shape index (κ2) is 7.72. The highest BCUT2D eigenvalue weighted by molar-refractivity contribution is 5.91. The van der Waals surface area contributed by atoms with Gasteiger partial charge in [0.1, 0.15) is 5.69 Å². The van der Waals surface area contributed by atoms with Crippen LogP contribution in [0.25, 0.3) is 11.3 Å². The molecule has 0 saturated carbocycles. The topological polar surface area (TPSA) is 111 Å². The van der Waals surface area contributed by atoms with Gasteiger partial charge in [-0.05, 0) is 32.0 Å². The zero-order valence-corrected chi connectivity index (χ0v) is 14.3. The van der Waals surface area contributed by atoms with Crippen molar-refractivity contribution in [1.82, 2.24) is 35.7 Å². The molecule has 2 heterocycles. The number of nitrogens with zero attached hydrogens (tertiary/aromatic N) is 5. The van der Waals surface area contributed by atoms with E-state index in [0.717, 1.165) is 0 Å². The Morgan fingerprint density at radius 3 is 3.00 bits per heavy atom. The fraction of sp³-hybridized carbons (Fsp3) is 0.312. The Morgan fingerprint density at radius 1 is 1.46 bits per heavy atom. The molecule has 0 aliphatic heterocycles. The summed E-state index contributed by atoms with van der Waals surface area (Å²) in [6.07, 6.45) is 3.04. The molecule has 2 aromatic heterocycles. The lowest BCUT2D eigenvalue weighted by Gasteiger charge is -2.11. The van der Waals surface area contributed by atoms with Crippen molar-refractivity contribution in [3.8, 4) is 17.0 Å². The van der Waals surface area contributed by atoms with E-state index in [1.807, 2.05) is 6.92 Å². The smallest absolute Gasteiger partial charge is 0.273 e. The van der Waals surface area contributed by atoms with Gasteiger partial charge in [-0.15, -0.1) is 5.10 Å². The number of rotatable bonds is 7. The third-order valence-electron chi connectivity index (χ3n) is 3.70. The number of aromatic amines is 1. The van der Waals surface area contributed by atoms with E-state index in [1.165, 1.54) is 12.3 Å². The van der Waals surface area contributed by atoms with Crippen LogP contribution in [0.5, 0.6) is 5.75 Å². The first-order valence-corrected chi connectivity index (χ1v) is 8.07. The van der Waals surface area contributed by atoms with Crippen LogP contribution in [-0.4, -0.2) is 49.5 Å². The molecule has 136 valence electrons. The van der Waals surface area contributed by atoms with E-state index >= 15 is 0 Å². The number of nitrogens with one attached hydrogen (secondary N) is 2. The van der Waals surface area contributed by atoms with Crippen LogP contribution in [0.1, 0.15) is 30.4 Å². The second-order valence-corrected chi connectivity index (χ2v) is 5.58. The summed E-state index contributed by atoms with van der Waals surface area (Å²) in [4.78, 5) is 11.9. The van der Waals surface area contributed by atoms with Crippen molar-refractivity contribution in [2.75, 3.05) is 13.2 Å². The number of halogens is 1. The van der Waals surface area contributed by atoms with Gasteiger partial charge in [0.05, 0.1) is 25.0 Å². The quantitative estimate of drug-likeness (QED) is 0.663. The lowest BCUT2D eigenvalue weighted by Crippen LogP contribution is -2.30. The Bertz CT molecular complexity index is 879. The van der Waals surface area contributed by atoms with Crippen molar-refractivity contribution in [2.24, 2.45) is 0 Å². The van der Waals surface area contributed by atoms with E-state index in [1.54, 1.807) is 29.9 Å². The lowest BCUT2D eigenvalue weighted by molar-refractivity contribution is 0.0942. The van der Waals surface area contributed by atoms with Crippen molar-refractivity contribution in [1.29, 1.82) is 0 Å². The third-order valence-corrected chi connectivity index (χ3v) is 3.70. The molecule has 0 fully saturated rings. The van der Waals surface area contributed by atoms with Gasteiger partial charge in [0, 0.05) is 12.1 Å². The van der Waals surface area contributed by atoms with Gasteiger partial charge in [-0.1, -0.05) is 5.21 Å². The van der Waals surface area contributed by atoms with Crippen LogP contribution in [-0.2, 0) is 0 Å². The van der Waals surface area contributed by atoms with Gasteiger partial charge in [0.2, 0.25) is 0 Å². The van der Waals surface area contributed by atoms with Crippen molar-refractivity contribution >= 4 is 5.91 Å². The molecule has 1 atom stereocenters. The summed E-state index contributed by atoms with van der Waals surface area (Å²) in [5.74, 6) is -0.584. The molecule has 9 nitrogen and oxygen atoms in total. The van der Waals surface area contributed by atoms with E-state index in [0.29, 0.717) is 24.4 Å². The molecule has 0 aliphatic rings. The number of H-pyrrole nitrogens is 1. The van der Waals surface area contributed by atoms with E-state index in [9.17, 15) is 9.18 Å².